The van der Waals surface area contributed by atoms with Gasteiger partial charge < -0.3 is 11.1 Å². The number of carbonyl (C=O) groups excluding carboxylic acids is 1. The van der Waals surface area contributed by atoms with Crippen LogP contribution in [0.4, 0.5) is 11.4 Å². The summed E-state index contributed by atoms with van der Waals surface area (Å²) in [6.07, 6.45) is 0. The first kappa shape index (κ1) is 17.5. The summed E-state index contributed by atoms with van der Waals surface area (Å²) in [4.78, 5) is 16.9. The number of nitrogen functional groups attached to an aromatic ring is 1. The fourth-order valence-electron chi connectivity index (χ4n) is 3.17. The minimum Gasteiger partial charge on any atom is -0.399 e. The van der Waals surface area contributed by atoms with E-state index < -0.39 is 0 Å². The number of benzene rings is 2. The predicted octanol–water partition coefficient (Wildman–Crippen LogP) is 2.33. The third kappa shape index (κ3) is 5.05. The van der Waals surface area contributed by atoms with Crippen LogP contribution in [0.25, 0.3) is 0 Å². The zero-order valence-electron chi connectivity index (χ0n) is 14.7. The molecule has 0 unspecified atom stereocenters. The van der Waals surface area contributed by atoms with E-state index in [1.807, 2.05) is 31.2 Å². The van der Waals surface area contributed by atoms with Gasteiger partial charge in [0.05, 0.1) is 6.54 Å². The number of hydrogen-bond acceptors (Lipinski definition) is 4. The number of hydrogen-bond donors (Lipinski definition) is 2. The summed E-state index contributed by atoms with van der Waals surface area (Å²) in [6.45, 7) is 7.18. The van der Waals surface area contributed by atoms with Gasteiger partial charge in [-0.15, -0.1) is 0 Å². The second-order valence-electron chi connectivity index (χ2n) is 6.66. The Hall–Kier alpha value is -2.37. The van der Waals surface area contributed by atoms with Crippen molar-refractivity contribution in [3.8, 4) is 0 Å². The van der Waals surface area contributed by atoms with Crippen molar-refractivity contribution in [2.75, 3.05) is 43.8 Å². The van der Waals surface area contributed by atoms with Crippen molar-refractivity contribution >= 4 is 17.3 Å². The van der Waals surface area contributed by atoms with Crippen LogP contribution in [0.5, 0.6) is 0 Å². The summed E-state index contributed by atoms with van der Waals surface area (Å²) in [5.41, 5.74) is 9.63. The molecule has 25 heavy (non-hydrogen) atoms. The van der Waals surface area contributed by atoms with Crippen LogP contribution in [-0.4, -0.2) is 48.4 Å². The normalized spacial score (nSPS) is 15.9. The molecule has 5 nitrogen and oxygen atoms in total. The van der Waals surface area contributed by atoms with Gasteiger partial charge in [0.25, 0.3) is 0 Å². The second kappa shape index (κ2) is 8.14. The lowest BCUT2D eigenvalue weighted by molar-refractivity contribution is -0.117. The molecule has 1 aliphatic rings. The average molecular weight is 338 g/mol. The smallest absolute Gasteiger partial charge is 0.238 e. The Kier molecular flexibility index (Phi) is 5.68. The minimum absolute atomic E-state index is 0.0318. The highest BCUT2D eigenvalue weighted by molar-refractivity contribution is 5.93. The molecule has 0 aliphatic carbocycles. The Labute approximate surface area is 149 Å². The number of anilines is 2. The molecule has 0 radical (unpaired) electrons. The molecule has 1 saturated heterocycles. The predicted molar refractivity (Wildman–Crippen MR) is 102 cm³/mol. The number of nitrogens with one attached hydrogen (secondary N) is 1. The maximum Gasteiger partial charge on any atom is 0.238 e. The molecule has 3 rings (SSSR count). The van der Waals surface area contributed by atoms with Crippen LogP contribution in [-0.2, 0) is 11.3 Å². The second-order valence-corrected chi connectivity index (χ2v) is 6.66. The first-order valence-corrected chi connectivity index (χ1v) is 8.75. The minimum atomic E-state index is 0.0318. The van der Waals surface area contributed by atoms with E-state index in [1.165, 1.54) is 5.56 Å². The quantitative estimate of drug-likeness (QED) is 0.822. The van der Waals surface area contributed by atoms with Gasteiger partial charge in [-0.2, -0.15) is 0 Å². The SMILES string of the molecule is Cc1cc(N)ccc1NC(=O)CN1CCN(Cc2ccccc2)CC1. The zero-order chi connectivity index (χ0) is 17.6. The molecule has 2 aromatic rings. The van der Waals surface area contributed by atoms with Gasteiger partial charge in [-0.1, -0.05) is 30.3 Å². The number of nitrogens with zero attached hydrogens (tertiary/aromatic N) is 2. The van der Waals surface area contributed by atoms with Crippen molar-refractivity contribution in [1.82, 2.24) is 9.80 Å². The molecule has 1 heterocycles. The highest BCUT2D eigenvalue weighted by atomic mass is 16.2. The van der Waals surface area contributed by atoms with Crippen LogP contribution >= 0.6 is 0 Å². The Morgan fingerprint density at radius 2 is 1.72 bits per heavy atom. The van der Waals surface area contributed by atoms with Gasteiger partial charge in [-0.25, -0.2) is 0 Å². The van der Waals surface area contributed by atoms with E-state index in [4.69, 9.17) is 5.73 Å². The molecule has 0 aromatic heterocycles. The monoisotopic (exact) mass is 338 g/mol. The maximum absolute atomic E-state index is 12.3. The van der Waals surface area contributed by atoms with Crippen LogP contribution in [0.2, 0.25) is 0 Å². The van der Waals surface area contributed by atoms with Crippen molar-refractivity contribution < 1.29 is 4.79 Å². The van der Waals surface area contributed by atoms with E-state index in [1.54, 1.807) is 0 Å². The van der Waals surface area contributed by atoms with E-state index in [0.29, 0.717) is 12.2 Å². The topological polar surface area (TPSA) is 61.6 Å². The van der Waals surface area contributed by atoms with Crippen molar-refractivity contribution in [3.63, 3.8) is 0 Å². The van der Waals surface area contributed by atoms with E-state index in [0.717, 1.165) is 44.0 Å². The first-order chi connectivity index (χ1) is 12.1. The highest BCUT2D eigenvalue weighted by Crippen LogP contribution is 2.17. The lowest BCUT2D eigenvalue weighted by Gasteiger charge is -2.34. The Balaban J connectivity index is 1.44. The molecule has 5 heteroatoms. The van der Waals surface area contributed by atoms with Crippen LogP contribution in [0.15, 0.2) is 48.5 Å². The Morgan fingerprint density at radius 3 is 2.40 bits per heavy atom. The first-order valence-electron chi connectivity index (χ1n) is 8.75. The number of carbonyl (C=O) groups is 1. The molecule has 1 amide bonds. The number of aryl methyl sites for hydroxylation is 1. The van der Waals surface area contributed by atoms with Gasteiger partial charge in [0.2, 0.25) is 5.91 Å². The number of nitrogens with two attached hydrogens (primary N) is 1. The molecule has 0 atom stereocenters. The fourth-order valence-corrected chi connectivity index (χ4v) is 3.17. The van der Waals surface area contributed by atoms with E-state index >= 15 is 0 Å². The molecular formula is C20H26N4O. The molecule has 2 aromatic carbocycles. The van der Waals surface area contributed by atoms with Crippen molar-refractivity contribution in [2.45, 2.75) is 13.5 Å². The molecule has 0 saturated carbocycles. The summed E-state index contributed by atoms with van der Waals surface area (Å²) in [5, 5.41) is 2.99. The standard InChI is InChI=1S/C20H26N4O/c1-16-13-18(21)7-8-19(16)22-20(25)15-24-11-9-23(10-12-24)14-17-5-3-2-4-6-17/h2-8,13H,9-12,14-15,21H2,1H3,(H,22,25). The van der Waals surface area contributed by atoms with Crippen molar-refractivity contribution in [2.24, 2.45) is 0 Å². The maximum atomic E-state index is 12.3. The lowest BCUT2D eigenvalue weighted by Crippen LogP contribution is -2.48. The van der Waals surface area contributed by atoms with Crippen LogP contribution in [0.3, 0.4) is 0 Å². The van der Waals surface area contributed by atoms with Crippen LogP contribution < -0.4 is 11.1 Å². The Morgan fingerprint density at radius 1 is 1.04 bits per heavy atom. The van der Waals surface area contributed by atoms with E-state index in [-0.39, 0.29) is 5.91 Å². The van der Waals surface area contributed by atoms with Gasteiger partial charge in [0.15, 0.2) is 0 Å². The Bertz CT molecular complexity index is 709. The molecule has 1 fully saturated rings. The molecule has 0 bridgehead atoms. The molecule has 1 aliphatic heterocycles. The number of piperazine rings is 1. The lowest BCUT2D eigenvalue weighted by atomic mass is 10.2. The van der Waals surface area contributed by atoms with Crippen molar-refractivity contribution in [3.05, 3.63) is 59.7 Å². The third-order valence-electron chi connectivity index (χ3n) is 4.61. The van der Waals surface area contributed by atoms with E-state index in [2.05, 4.69) is 39.4 Å². The van der Waals surface area contributed by atoms with E-state index in [9.17, 15) is 4.79 Å². The summed E-state index contributed by atoms with van der Waals surface area (Å²) < 4.78 is 0. The molecular weight excluding hydrogens is 312 g/mol. The molecule has 3 N–H and O–H groups in total. The molecule has 0 spiro atoms. The summed E-state index contributed by atoms with van der Waals surface area (Å²) in [6, 6.07) is 16.1. The third-order valence-corrected chi connectivity index (χ3v) is 4.61. The summed E-state index contributed by atoms with van der Waals surface area (Å²) in [7, 11) is 0. The number of amides is 1. The number of rotatable bonds is 5. The van der Waals surface area contributed by atoms with Gasteiger partial charge in [0, 0.05) is 44.1 Å². The zero-order valence-corrected chi connectivity index (χ0v) is 14.7. The summed E-state index contributed by atoms with van der Waals surface area (Å²) in [5.74, 6) is 0.0318. The summed E-state index contributed by atoms with van der Waals surface area (Å²) >= 11 is 0. The molecule has 132 valence electrons. The van der Waals surface area contributed by atoms with Gasteiger partial charge in [0.1, 0.15) is 0 Å². The largest absolute Gasteiger partial charge is 0.399 e. The van der Waals surface area contributed by atoms with Gasteiger partial charge >= 0.3 is 0 Å². The van der Waals surface area contributed by atoms with Gasteiger partial charge in [-0.3, -0.25) is 14.6 Å². The highest BCUT2D eigenvalue weighted by Gasteiger charge is 2.19. The van der Waals surface area contributed by atoms with Gasteiger partial charge in [-0.05, 0) is 36.2 Å². The van der Waals surface area contributed by atoms with Crippen LogP contribution in [0, 0.1) is 6.92 Å². The van der Waals surface area contributed by atoms with Crippen LogP contribution in [0.1, 0.15) is 11.1 Å². The fraction of sp³-hybridized carbons (Fsp3) is 0.350. The van der Waals surface area contributed by atoms with Crippen molar-refractivity contribution in [1.29, 1.82) is 0 Å². The average Bonchev–Trinajstić information content (AvgIpc) is 2.60.